The molecule has 1 aliphatic rings. The molecule has 0 N–H and O–H groups in total. The number of aryl methyl sites for hydroxylation is 1. The second-order valence-electron chi connectivity index (χ2n) is 11.9. The minimum Gasteiger partial charge on any atom is -0.455 e. The third kappa shape index (κ3) is 6.56. The molecule has 0 bridgehead atoms. The van der Waals surface area contributed by atoms with Crippen LogP contribution in [0.5, 0.6) is 0 Å². The predicted molar refractivity (Wildman–Crippen MR) is 177 cm³/mol. The summed E-state index contributed by atoms with van der Waals surface area (Å²) < 4.78 is 88.1. The highest BCUT2D eigenvalue weighted by atomic mass is 32.2. The summed E-state index contributed by atoms with van der Waals surface area (Å²) in [6.45, 7) is 2.26. The molecule has 1 amide bonds. The van der Waals surface area contributed by atoms with Crippen LogP contribution in [0.2, 0.25) is 0 Å². The van der Waals surface area contributed by atoms with Crippen LogP contribution in [-0.2, 0) is 29.3 Å². The van der Waals surface area contributed by atoms with Crippen molar-refractivity contribution in [2.24, 2.45) is 0 Å². The van der Waals surface area contributed by atoms with Gasteiger partial charge in [0.15, 0.2) is 11.5 Å². The van der Waals surface area contributed by atoms with Gasteiger partial charge in [-0.25, -0.2) is 17.8 Å². The maximum absolute atomic E-state index is 13.8. The Balaban J connectivity index is 1.49. The molecule has 3 heterocycles. The Labute approximate surface area is 279 Å². The highest BCUT2D eigenvalue weighted by Gasteiger charge is 2.36. The van der Waals surface area contributed by atoms with Crippen LogP contribution in [0.25, 0.3) is 33.4 Å². The van der Waals surface area contributed by atoms with E-state index in [-0.39, 0.29) is 54.5 Å². The van der Waals surface area contributed by atoms with Crippen molar-refractivity contribution in [3.8, 4) is 22.5 Å². The Morgan fingerprint density at radius 2 is 1.76 bits per heavy atom. The zero-order valence-corrected chi connectivity index (χ0v) is 27.7. The number of fused-ring (bicyclic) bond motifs is 2. The van der Waals surface area contributed by atoms with Gasteiger partial charge in [-0.2, -0.15) is 13.2 Å². The summed E-state index contributed by atoms with van der Waals surface area (Å²) in [5, 5.41) is 0.412. The molecule has 3 aromatic carbocycles. The number of aromatic nitrogens is 2. The lowest BCUT2D eigenvalue weighted by atomic mass is 9.95. The first kappa shape index (κ1) is 33.9. The Morgan fingerprint density at radius 3 is 2.41 bits per heavy atom. The van der Waals surface area contributed by atoms with E-state index in [0.717, 1.165) is 22.3 Å². The van der Waals surface area contributed by atoms with Gasteiger partial charge in [0.2, 0.25) is 10.0 Å². The van der Waals surface area contributed by atoms with Crippen LogP contribution in [0.4, 0.5) is 23.2 Å². The lowest BCUT2D eigenvalue weighted by Gasteiger charge is -2.28. The number of benzene rings is 3. The molecule has 0 atom stereocenters. The maximum atomic E-state index is 13.8. The SMILES string of the molecule is CCC(=O)c1c(-c2ccc(C)cc2)oc2cc(N(CCF)S(C)(=O)=O)c(-c3cccc(C(=O)N4CCn5cc(C(F)(F)F)nc5C4)c3)cc12. The number of halogens is 4. The van der Waals surface area contributed by atoms with E-state index in [2.05, 4.69) is 4.98 Å². The molecular formula is C35H32F4N4O5S. The summed E-state index contributed by atoms with van der Waals surface area (Å²) in [7, 11) is -4.02. The van der Waals surface area contributed by atoms with Gasteiger partial charge in [-0.05, 0) is 30.7 Å². The fourth-order valence-electron chi connectivity index (χ4n) is 6.04. The summed E-state index contributed by atoms with van der Waals surface area (Å²) in [6, 6.07) is 16.8. The second-order valence-corrected chi connectivity index (χ2v) is 13.8. The van der Waals surface area contributed by atoms with Crippen LogP contribution in [0.3, 0.4) is 0 Å². The third-order valence-electron chi connectivity index (χ3n) is 8.48. The predicted octanol–water partition coefficient (Wildman–Crippen LogP) is 7.27. The number of ketones is 1. The van der Waals surface area contributed by atoms with Gasteiger partial charge in [-0.3, -0.25) is 13.9 Å². The second kappa shape index (κ2) is 12.8. The largest absolute Gasteiger partial charge is 0.455 e. The summed E-state index contributed by atoms with van der Waals surface area (Å²) in [5.74, 6) is -0.272. The van der Waals surface area contributed by atoms with Crippen LogP contribution in [-0.4, -0.2) is 60.6 Å². The van der Waals surface area contributed by atoms with E-state index in [0.29, 0.717) is 33.4 Å². The molecule has 0 saturated heterocycles. The van der Waals surface area contributed by atoms with Crippen LogP contribution in [0.1, 0.15) is 51.1 Å². The highest BCUT2D eigenvalue weighted by Crippen LogP contribution is 2.42. The first-order valence-electron chi connectivity index (χ1n) is 15.5. The number of sulfonamides is 1. The van der Waals surface area contributed by atoms with Gasteiger partial charge in [-0.1, -0.05) is 48.9 Å². The summed E-state index contributed by atoms with van der Waals surface area (Å²) in [5.41, 5.74) is 2.09. The molecule has 1 aliphatic heterocycles. The van der Waals surface area contributed by atoms with Crippen molar-refractivity contribution in [3.63, 3.8) is 0 Å². The molecule has 14 heteroatoms. The molecule has 0 spiro atoms. The molecule has 0 saturated carbocycles. The normalized spacial score (nSPS) is 13.5. The average Bonchev–Trinajstić information content (AvgIpc) is 3.67. The molecule has 49 heavy (non-hydrogen) atoms. The summed E-state index contributed by atoms with van der Waals surface area (Å²) >= 11 is 0. The lowest BCUT2D eigenvalue weighted by molar-refractivity contribution is -0.141. The fourth-order valence-corrected chi connectivity index (χ4v) is 6.95. The minimum absolute atomic E-state index is 0.0802. The van der Waals surface area contributed by atoms with Crippen LogP contribution < -0.4 is 4.31 Å². The van der Waals surface area contributed by atoms with Crippen molar-refractivity contribution >= 4 is 38.4 Å². The molecule has 0 unspecified atom stereocenters. The van der Waals surface area contributed by atoms with Crippen molar-refractivity contribution in [1.82, 2.24) is 14.5 Å². The number of alkyl halides is 4. The van der Waals surface area contributed by atoms with Gasteiger partial charge < -0.3 is 13.9 Å². The van der Waals surface area contributed by atoms with Crippen molar-refractivity contribution in [2.75, 3.05) is 30.3 Å². The smallest absolute Gasteiger partial charge is 0.434 e. The zero-order chi connectivity index (χ0) is 35.2. The van der Waals surface area contributed by atoms with E-state index >= 15 is 0 Å². The first-order chi connectivity index (χ1) is 23.2. The van der Waals surface area contributed by atoms with Crippen LogP contribution in [0, 0.1) is 6.92 Å². The van der Waals surface area contributed by atoms with E-state index in [4.69, 9.17) is 4.42 Å². The average molecular weight is 697 g/mol. The number of nitrogens with zero attached hydrogens (tertiary/aromatic N) is 4. The molecule has 2 aromatic heterocycles. The van der Waals surface area contributed by atoms with E-state index in [9.17, 15) is 35.6 Å². The van der Waals surface area contributed by atoms with Gasteiger partial charge >= 0.3 is 6.18 Å². The Morgan fingerprint density at radius 1 is 1.02 bits per heavy atom. The van der Waals surface area contributed by atoms with Gasteiger partial charge in [0, 0.05) is 53.9 Å². The summed E-state index contributed by atoms with van der Waals surface area (Å²) in [4.78, 5) is 32.2. The standard InChI is InChI=1S/C35H32F4N4O5S/c1-4-28(44)32-26-17-25(27(43(13-12-36)49(3,46)47)18-29(26)48-33(32)22-10-8-21(2)9-11-22)23-6-5-7-24(16-23)34(45)42-15-14-41-19-30(35(37,38)39)40-31(41)20-42/h5-11,16-19H,4,12-15,20H2,1-3H3. The number of imidazole rings is 1. The van der Waals surface area contributed by atoms with Gasteiger partial charge in [0.05, 0.1) is 30.6 Å². The van der Waals surface area contributed by atoms with Crippen molar-refractivity contribution in [3.05, 3.63) is 95.1 Å². The van der Waals surface area contributed by atoms with E-state index in [1.807, 2.05) is 31.2 Å². The van der Waals surface area contributed by atoms with Gasteiger partial charge in [-0.15, -0.1) is 0 Å². The van der Waals surface area contributed by atoms with Gasteiger partial charge in [0.25, 0.3) is 5.91 Å². The number of carbonyl (C=O) groups excluding carboxylic acids is 2. The lowest BCUT2D eigenvalue weighted by Crippen LogP contribution is -2.38. The first-order valence-corrected chi connectivity index (χ1v) is 17.3. The summed E-state index contributed by atoms with van der Waals surface area (Å²) in [6.07, 6.45) is -2.58. The number of Topliss-reactive ketones (excluding diaryl/α,β-unsaturated/α-hetero) is 1. The number of carbonyl (C=O) groups is 2. The van der Waals surface area contributed by atoms with E-state index in [1.165, 1.54) is 21.6 Å². The Kier molecular flexibility index (Phi) is 8.86. The van der Waals surface area contributed by atoms with Crippen LogP contribution >= 0.6 is 0 Å². The number of furan rings is 1. The van der Waals surface area contributed by atoms with Crippen molar-refractivity contribution in [2.45, 2.75) is 39.5 Å². The number of hydrogen-bond donors (Lipinski definition) is 0. The minimum atomic E-state index is -4.62. The maximum Gasteiger partial charge on any atom is 0.434 e. The molecule has 9 nitrogen and oxygen atoms in total. The molecule has 0 radical (unpaired) electrons. The van der Waals surface area contributed by atoms with E-state index < -0.39 is 41.0 Å². The molecule has 0 aliphatic carbocycles. The van der Waals surface area contributed by atoms with Gasteiger partial charge in [0.1, 0.15) is 23.8 Å². The number of amides is 1. The molecule has 6 rings (SSSR count). The topological polar surface area (TPSA) is 106 Å². The van der Waals surface area contributed by atoms with Crippen molar-refractivity contribution < 1.29 is 40.0 Å². The fraction of sp³-hybridized carbons (Fsp3) is 0.286. The molecule has 5 aromatic rings. The quantitative estimate of drug-likeness (QED) is 0.119. The molecule has 256 valence electrons. The number of anilines is 1. The Bertz CT molecular complexity index is 2190. The molecular weight excluding hydrogens is 664 g/mol. The van der Waals surface area contributed by atoms with Crippen molar-refractivity contribution in [1.29, 1.82) is 0 Å². The van der Waals surface area contributed by atoms with E-state index in [1.54, 1.807) is 31.2 Å². The number of hydrogen-bond acceptors (Lipinski definition) is 6. The number of rotatable bonds is 9. The zero-order valence-electron chi connectivity index (χ0n) is 26.8. The van der Waals surface area contributed by atoms with Crippen LogP contribution in [0.15, 0.2) is 71.3 Å². The highest BCUT2D eigenvalue weighted by molar-refractivity contribution is 7.92. The molecule has 0 fully saturated rings. The Hall–Kier alpha value is -4.98. The monoisotopic (exact) mass is 696 g/mol. The third-order valence-corrected chi connectivity index (χ3v) is 9.66.